The summed E-state index contributed by atoms with van der Waals surface area (Å²) in [5.41, 5.74) is 3.44. The predicted molar refractivity (Wildman–Crippen MR) is 120 cm³/mol. The largest absolute Gasteiger partial charge is 0.369 e. The molecule has 0 aliphatic heterocycles. The number of benzene rings is 1. The van der Waals surface area contributed by atoms with Crippen LogP contribution in [0, 0.1) is 17.3 Å². The molecule has 4 fully saturated rings. The van der Waals surface area contributed by atoms with Crippen LogP contribution in [0.25, 0.3) is 0 Å². The van der Waals surface area contributed by atoms with E-state index in [-0.39, 0.29) is 16.7 Å². The van der Waals surface area contributed by atoms with Crippen molar-refractivity contribution >= 4 is 37.8 Å². The summed E-state index contributed by atoms with van der Waals surface area (Å²) >= 11 is 3.30. The number of hydrogen-bond donors (Lipinski definition) is 2. The van der Waals surface area contributed by atoms with Crippen molar-refractivity contribution in [3.05, 3.63) is 28.7 Å². The second kappa shape index (κ2) is 7.28. The van der Waals surface area contributed by atoms with Crippen LogP contribution in [-0.4, -0.2) is 42.7 Å². The number of nitrogens with two attached hydrogens (primary N) is 1. The minimum atomic E-state index is -3.91. The molecule has 5 rings (SSSR count). The predicted octanol–water partition coefficient (Wildman–Crippen LogP) is 2.79. The smallest absolute Gasteiger partial charge is 0.244 e. The SMILES string of the molecule is CN(C(C)(C)C(=O)NC12CC3CC(C1)CC(C(N)=O)(C3)C2)S(=O)(=O)c1ccccc1Br. The van der Waals surface area contributed by atoms with Crippen LogP contribution >= 0.6 is 15.9 Å². The van der Waals surface area contributed by atoms with Crippen LogP contribution in [0.1, 0.15) is 52.4 Å². The third-order valence-electron chi connectivity index (χ3n) is 7.78. The van der Waals surface area contributed by atoms with Crippen molar-refractivity contribution in [3.63, 3.8) is 0 Å². The Kier molecular flexibility index (Phi) is 5.34. The van der Waals surface area contributed by atoms with Gasteiger partial charge in [-0.2, -0.15) is 4.31 Å². The first kappa shape index (κ1) is 22.7. The quantitative estimate of drug-likeness (QED) is 0.611. The highest BCUT2D eigenvalue weighted by molar-refractivity contribution is 9.10. The standard InChI is InChI=1S/C22H30BrN3O4S/c1-20(2,26(3)31(29,30)17-7-5-4-6-16(17)23)19(28)25-22-11-14-8-15(12-22)10-21(9-14,13-22)18(24)27/h4-7,14-15H,8-13H2,1-3H3,(H2,24,27)(H,25,28). The lowest BCUT2D eigenvalue weighted by molar-refractivity contribution is -0.152. The molecule has 1 aromatic carbocycles. The number of sulfonamides is 1. The van der Waals surface area contributed by atoms with E-state index in [1.807, 2.05) is 0 Å². The normalized spacial score (nSPS) is 32.3. The van der Waals surface area contributed by atoms with Gasteiger partial charge in [0, 0.05) is 17.1 Å². The van der Waals surface area contributed by atoms with E-state index in [2.05, 4.69) is 21.2 Å². The molecular formula is C22H30BrN3O4S. The molecule has 2 amide bonds. The zero-order valence-corrected chi connectivity index (χ0v) is 20.6. The fourth-order valence-electron chi connectivity index (χ4n) is 6.34. The maximum atomic E-state index is 13.5. The molecule has 7 nitrogen and oxygen atoms in total. The second-order valence-corrected chi connectivity index (χ2v) is 13.1. The van der Waals surface area contributed by atoms with Gasteiger partial charge in [-0.3, -0.25) is 9.59 Å². The zero-order valence-electron chi connectivity index (χ0n) is 18.2. The minimum absolute atomic E-state index is 0.112. The Morgan fingerprint density at radius 1 is 1.16 bits per heavy atom. The summed E-state index contributed by atoms with van der Waals surface area (Å²) < 4.78 is 28.1. The molecule has 4 saturated carbocycles. The number of hydrogen-bond acceptors (Lipinski definition) is 4. The molecule has 0 spiro atoms. The molecule has 4 bridgehead atoms. The van der Waals surface area contributed by atoms with Crippen LogP contribution in [0.15, 0.2) is 33.6 Å². The van der Waals surface area contributed by atoms with Gasteiger partial charge >= 0.3 is 0 Å². The van der Waals surface area contributed by atoms with Gasteiger partial charge in [0.2, 0.25) is 21.8 Å². The molecule has 0 radical (unpaired) electrons. The number of likely N-dealkylation sites (N-methyl/N-ethyl adjacent to an activating group) is 1. The molecule has 1 aromatic rings. The number of carbonyl (C=O) groups is 2. The first-order valence-electron chi connectivity index (χ1n) is 10.7. The molecule has 0 aromatic heterocycles. The lowest BCUT2D eigenvalue weighted by Crippen LogP contribution is -2.68. The molecule has 2 unspecified atom stereocenters. The van der Waals surface area contributed by atoms with E-state index >= 15 is 0 Å². The topological polar surface area (TPSA) is 110 Å². The van der Waals surface area contributed by atoms with Crippen molar-refractivity contribution < 1.29 is 18.0 Å². The maximum absolute atomic E-state index is 13.5. The van der Waals surface area contributed by atoms with E-state index in [4.69, 9.17) is 5.73 Å². The zero-order chi connectivity index (χ0) is 22.8. The van der Waals surface area contributed by atoms with Crippen molar-refractivity contribution in [1.82, 2.24) is 9.62 Å². The number of halogens is 1. The third kappa shape index (κ3) is 3.62. The van der Waals surface area contributed by atoms with Crippen molar-refractivity contribution in [2.45, 2.75) is 68.3 Å². The minimum Gasteiger partial charge on any atom is -0.369 e. The third-order valence-corrected chi connectivity index (χ3v) is 10.8. The van der Waals surface area contributed by atoms with Gasteiger partial charge in [0.25, 0.3) is 0 Å². The Balaban J connectivity index is 1.59. The molecule has 2 atom stereocenters. The molecule has 0 saturated heterocycles. The van der Waals surface area contributed by atoms with Crippen LogP contribution < -0.4 is 11.1 Å². The molecule has 31 heavy (non-hydrogen) atoms. The van der Waals surface area contributed by atoms with Gasteiger partial charge in [-0.1, -0.05) is 12.1 Å². The Labute approximate surface area is 192 Å². The van der Waals surface area contributed by atoms with Crippen LogP contribution in [-0.2, 0) is 19.6 Å². The summed E-state index contributed by atoms with van der Waals surface area (Å²) in [5.74, 6) is 0.123. The van der Waals surface area contributed by atoms with Crippen LogP contribution in [0.2, 0.25) is 0 Å². The number of carbonyl (C=O) groups excluding carboxylic acids is 2. The average molecular weight is 512 g/mol. The number of nitrogens with one attached hydrogen (secondary N) is 1. The average Bonchev–Trinajstić information content (AvgIpc) is 2.66. The first-order valence-corrected chi connectivity index (χ1v) is 12.9. The summed E-state index contributed by atoms with van der Waals surface area (Å²) in [6, 6.07) is 6.56. The van der Waals surface area contributed by atoms with E-state index in [1.165, 1.54) is 13.1 Å². The number of rotatable bonds is 6. The Bertz CT molecular complexity index is 1020. The summed E-state index contributed by atoms with van der Waals surface area (Å²) in [5, 5.41) is 3.20. The van der Waals surface area contributed by atoms with E-state index in [0.717, 1.165) is 36.4 Å². The van der Waals surface area contributed by atoms with Crippen LogP contribution in [0.3, 0.4) is 0 Å². The summed E-state index contributed by atoms with van der Waals surface area (Å²) in [6.45, 7) is 3.22. The van der Waals surface area contributed by atoms with Gasteiger partial charge in [0.15, 0.2) is 0 Å². The maximum Gasteiger partial charge on any atom is 0.244 e. The number of nitrogens with zero attached hydrogens (tertiary/aromatic N) is 1. The second-order valence-electron chi connectivity index (χ2n) is 10.3. The Morgan fingerprint density at radius 2 is 1.74 bits per heavy atom. The number of amides is 2. The molecular weight excluding hydrogens is 482 g/mol. The van der Waals surface area contributed by atoms with Crippen LogP contribution in [0.4, 0.5) is 0 Å². The van der Waals surface area contributed by atoms with E-state index in [9.17, 15) is 18.0 Å². The van der Waals surface area contributed by atoms with Gasteiger partial charge in [0.1, 0.15) is 5.54 Å². The van der Waals surface area contributed by atoms with Crippen molar-refractivity contribution in [2.24, 2.45) is 23.0 Å². The van der Waals surface area contributed by atoms with Gasteiger partial charge in [-0.25, -0.2) is 8.42 Å². The lowest BCUT2D eigenvalue weighted by Gasteiger charge is -2.61. The highest BCUT2D eigenvalue weighted by atomic mass is 79.9. The van der Waals surface area contributed by atoms with Gasteiger partial charge < -0.3 is 11.1 Å². The van der Waals surface area contributed by atoms with E-state index in [1.54, 1.807) is 32.0 Å². The fraction of sp³-hybridized carbons (Fsp3) is 0.636. The molecule has 9 heteroatoms. The first-order chi connectivity index (χ1) is 14.3. The van der Waals surface area contributed by atoms with Gasteiger partial charge in [-0.15, -0.1) is 0 Å². The summed E-state index contributed by atoms with van der Waals surface area (Å²) in [6.07, 6.45) is 4.87. The molecule has 170 valence electrons. The fourth-order valence-corrected chi connectivity index (χ4v) is 8.78. The monoisotopic (exact) mass is 511 g/mol. The van der Waals surface area contributed by atoms with E-state index in [0.29, 0.717) is 22.7 Å². The van der Waals surface area contributed by atoms with Crippen molar-refractivity contribution in [3.8, 4) is 0 Å². The lowest BCUT2D eigenvalue weighted by atomic mass is 9.46. The van der Waals surface area contributed by atoms with E-state index < -0.39 is 26.5 Å². The Morgan fingerprint density at radius 3 is 2.29 bits per heavy atom. The van der Waals surface area contributed by atoms with Crippen molar-refractivity contribution in [2.75, 3.05) is 7.05 Å². The highest BCUT2D eigenvalue weighted by Crippen LogP contribution is 2.61. The highest BCUT2D eigenvalue weighted by Gasteiger charge is 2.61. The molecule has 0 heterocycles. The Hall–Kier alpha value is -1.45. The van der Waals surface area contributed by atoms with Crippen molar-refractivity contribution in [1.29, 1.82) is 0 Å². The van der Waals surface area contributed by atoms with Gasteiger partial charge in [0.05, 0.1) is 10.3 Å². The van der Waals surface area contributed by atoms with Gasteiger partial charge in [-0.05, 0) is 92.3 Å². The molecule has 4 aliphatic rings. The number of primary amides is 1. The molecule has 3 N–H and O–H groups in total. The van der Waals surface area contributed by atoms with Crippen LogP contribution in [0.5, 0.6) is 0 Å². The molecule has 4 aliphatic carbocycles. The summed E-state index contributed by atoms with van der Waals surface area (Å²) in [4.78, 5) is 25.9. The summed E-state index contributed by atoms with van der Waals surface area (Å²) in [7, 11) is -2.48.